The van der Waals surface area contributed by atoms with Crippen molar-refractivity contribution in [3.05, 3.63) is 34.0 Å². The van der Waals surface area contributed by atoms with E-state index in [9.17, 15) is 4.79 Å². The number of H-pyrrole nitrogens is 1. The second kappa shape index (κ2) is 4.22. The van der Waals surface area contributed by atoms with Gasteiger partial charge in [-0.25, -0.2) is 4.98 Å². The molecule has 78 valence electrons. The van der Waals surface area contributed by atoms with Crippen molar-refractivity contribution in [3.63, 3.8) is 0 Å². The number of carbonyl (C=O) groups is 1. The Hall–Kier alpha value is -1.69. The summed E-state index contributed by atoms with van der Waals surface area (Å²) in [4.78, 5) is 17.3. The lowest BCUT2D eigenvalue weighted by Crippen LogP contribution is -2.22. The SMILES string of the molecule is Cc1ccc(C(=O)NCc2ncn[nH]2)s1. The van der Waals surface area contributed by atoms with Crippen LogP contribution in [0.15, 0.2) is 18.5 Å². The fraction of sp³-hybridized carbons (Fsp3) is 0.222. The fourth-order valence-corrected chi connectivity index (χ4v) is 1.91. The molecule has 0 aliphatic carbocycles. The molecule has 6 heteroatoms. The molecule has 0 saturated carbocycles. The topological polar surface area (TPSA) is 70.7 Å². The van der Waals surface area contributed by atoms with Crippen molar-refractivity contribution in [1.82, 2.24) is 20.5 Å². The van der Waals surface area contributed by atoms with Crippen molar-refractivity contribution < 1.29 is 4.79 Å². The van der Waals surface area contributed by atoms with E-state index in [1.54, 1.807) is 0 Å². The molecule has 0 unspecified atom stereocenters. The van der Waals surface area contributed by atoms with E-state index in [-0.39, 0.29) is 5.91 Å². The van der Waals surface area contributed by atoms with Gasteiger partial charge < -0.3 is 5.32 Å². The highest BCUT2D eigenvalue weighted by Gasteiger charge is 2.07. The average molecular weight is 222 g/mol. The molecule has 15 heavy (non-hydrogen) atoms. The Kier molecular flexibility index (Phi) is 2.77. The smallest absolute Gasteiger partial charge is 0.261 e. The van der Waals surface area contributed by atoms with Crippen molar-refractivity contribution in [3.8, 4) is 0 Å². The number of hydrogen-bond acceptors (Lipinski definition) is 4. The van der Waals surface area contributed by atoms with Crippen LogP contribution in [0.5, 0.6) is 0 Å². The molecule has 2 aromatic rings. The highest BCUT2D eigenvalue weighted by Crippen LogP contribution is 2.14. The number of nitrogens with one attached hydrogen (secondary N) is 2. The average Bonchev–Trinajstić information content (AvgIpc) is 2.84. The van der Waals surface area contributed by atoms with E-state index in [0.717, 1.165) is 4.88 Å². The molecule has 2 aromatic heterocycles. The van der Waals surface area contributed by atoms with Crippen LogP contribution in [0.3, 0.4) is 0 Å². The molecule has 0 aromatic carbocycles. The zero-order valence-corrected chi connectivity index (χ0v) is 8.97. The van der Waals surface area contributed by atoms with E-state index in [1.165, 1.54) is 17.7 Å². The van der Waals surface area contributed by atoms with Crippen LogP contribution in [0, 0.1) is 6.92 Å². The summed E-state index contributed by atoms with van der Waals surface area (Å²) in [6.45, 7) is 2.34. The Labute approximate surface area is 90.6 Å². The predicted octanol–water partition coefficient (Wildman–Crippen LogP) is 1.10. The summed E-state index contributed by atoms with van der Waals surface area (Å²) in [5, 5.41) is 9.12. The minimum absolute atomic E-state index is 0.0792. The van der Waals surface area contributed by atoms with E-state index >= 15 is 0 Å². The van der Waals surface area contributed by atoms with Gasteiger partial charge in [0, 0.05) is 4.88 Å². The normalized spacial score (nSPS) is 10.2. The number of nitrogens with zero attached hydrogens (tertiary/aromatic N) is 2. The molecule has 2 N–H and O–H groups in total. The molecule has 0 radical (unpaired) electrons. The van der Waals surface area contributed by atoms with Crippen LogP contribution in [0.1, 0.15) is 20.4 Å². The summed E-state index contributed by atoms with van der Waals surface area (Å²) in [7, 11) is 0. The molecule has 0 bridgehead atoms. The lowest BCUT2D eigenvalue weighted by atomic mass is 10.4. The number of rotatable bonds is 3. The second-order valence-electron chi connectivity index (χ2n) is 3.03. The van der Waals surface area contributed by atoms with Crippen LogP contribution >= 0.6 is 11.3 Å². The van der Waals surface area contributed by atoms with Gasteiger partial charge in [0.1, 0.15) is 12.2 Å². The Balaban J connectivity index is 1.93. The Bertz CT molecular complexity index is 448. The molecule has 2 heterocycles. The first kappa shape index (κ1) is 9.85. The van der Waals surface area contributed by atoms with Crippen LogP contribution in [0.2, 0.25) is 0 Å². The summed E-state index contributed by atoms with van der Waals surface area (Å²) in [5.41, 5.74) is 0. The third-order valence-corrected chi connectivity index (χ3v) is 2.84. The molecule has 0 atom stereocenters. The molecule has 1 amide bonds. The maximum atomic E-state index is 11.6. The summed E-state index contributed by atoms with van der Waals surface area (Å²) >= 11 is 1.47. The van der Waals surface area contributed by atoms with Crippen molar-refractivity contribution >= 4 is 17.2 Å². The van der Waals surface area contributed by atoms with Crippen LogP contribution in [-0.4, -0.2) is 21.1 Å². The molecule has 0 aliphatic heterocycles. The Morgan fingerprint density at radius 1 is 1.60 bits per heavy atom. The molecule has 0 fully saturated rings. The second-order valence-corrected chi connectivity index (χ2v) is 4.31. The van der Waals surface area contributed by atoms with Crippen LogP contribution in [-0.2, 0) is 6.54 Å². The van der Waals surface area contributed by atoms with Crippen molar-refractivity contribution in [2.45, 2.75) is 13.5 Å². The summed E-state index contributed by atoms with van der Waals surface area (Å²) in [6.07, 6.45) is 1.41. The lowest BCUT2D eigenvalue weighted by molar-refractivity contribution is 0.0954. The number of aromatic amines is 1. The molecule has 0 spiro atoms. The number of hydrogen-bond donors (Lipinski definition) is 2. The van der Waals surface area contributed by atoms with Gasteiger partial charge in [-0.3, -0.25) is 9.89 Å². The van der Waals surface area contributed by atoms with Gasteiger partial charge in [-0.15, -0.1) is 11.3 Å². The van der Waals surface area contributed by atoms with E-state index in [0.29, 0.717) is 17.2 Å². The third-order valence-electron chi connectivity index (χ3n) is 1.85. The first-order chi connectivity index (χ1) is 7.25. The van der Waals surface area contributed by atoms with Gasteiger partial charge in [0.15, 0.2) is 0 Å². The van der Waals surface area contributed by atoms with E-state index < -0.39 is 0 Å². The lowest BCUT2D eigenvalue weighted by Gasteiger charge is -1.99. The zero-order chi connectivity index (χ0) is 10.7. The number of aryl methyl sites for hydroxylation is 1. The van der Waals surface area contributed by atoms with Crippen molar-refractivity contribution in [1.29, 1.82) is 0 Å². The number of thiophene rings is 1. The molecule has 2 rings (SSSR count). The molecular weight excluding hydrogens is 212 g/mol. The van der Waals surface area contributed by atoms with Gasteiger partial charge in [-0.1, -0.05) is 0 Å². The van der Waals surface area contributed by atoms with Crippen LogP contribution in [0.4, 0.5) is 0 Å². The molecule has 5 nitrogen and oxygen atoms in total. The maximum Gasteiger partial charge on any atom is 0.261 e. The highest BCUT2D eigenvalue weighted by molar-refractivity contribution is 7.13. The minimum atomic E-state index is -0.0792. The van der Waals surface area contributed by atoms with Crippen molar-refractivity contribution in [2.24, 2.45) is 0 Å². The fourth-order valence-electron chi connectivity index (χ4n) is 1.12. The maximum absolute atomic E-state index is 11.6. The Morgan fingerprint density at radius 3 is 3.07 bits per heavy atom. The minimum Gasteiger partial charge on any atom is -0.344 e. The van der Waals surface area contributed by atoms with Crippen molar-refractivity contribution in [2.75, 3.05) is 0 Å². The van der Waals surface area contributed by atoms with Crippen LogP contribution in [0.25, 0.3) is 0 Å². The predicted molar refractivity (Wildman–Crippen MR) is 56.6 cm³/mol. The monoisotopic (exact) mass is 222 g/mol. The molecular formula is C9H10N4OS. The zero-order valence-electron chi connectivity index (χ0n) is 8.15. The molecule has 0 aliphatic rings. The summed E-state index contributed by atoms with van der Waals surface area (Å²) < 4.78 is 0. The highest BCUT2D eigenvalue weighted by atomic mass is 32.1. The Morgan fingerprint density at radius 2 is 2.47 bits per heavy atom. The van der Waals surface area contributed by atoms with E-state index in [1.807, 2.05) is 19.1 Å². The number of amides is 1. The van der Waals surface area contributed by atoms with Gasteiger partial charge in [-0.05, 0) is 19.1 Å². The summed E-state index contributed by atoms with van der Waals surface area (Å²) in [5.74, 6) is 0.570. The molecule has 0 saturated heterocycles. The van der Waals surface area contributed by atoms with E-state index in [2.05, 4.69) is 20.5 Å². The largest absolute Gasteiger partial charge is 0.344 e. The van der Waals surface area contributed by atoms with Gasteiger partial charge in [-0.2, -0.15) is 5.10 Å². The van der Waals surface area contributed by atoms with Crippen LogP contribution < -0.4 is 5.32 Å². The van der Waals surface area contributed by atoms with Gasteiger partial charge in [0.2, 0.25) is 0 Å². The summed E-state index contributed by atoms with van der Waals surface area (Å²) in [6, 6.07) is 3.74. The van der Waals surface area contributed by atoms with Gasteiger partial charge in [0.25, 0.3) is 5.91 Å². The third kappa shape index (κ3) is 2.41. The van der Waals surface area contributed by atoms with E-state index in [4.69, 9.17) is 0 Å². The van der Waals surface area contributed by atoms with Gasteiger partial charge in [0.05, 0.1) is 11.4 Å². The van der Waals surface area contributed by atoms with Gasteiger partial charge >= 0.3 is 0 Å². The first-order valence-electron chi connectivity index (χ1n) is 4.44. The number of aromatic nitrogens is 3. The quantitative estimate of drug-likeness (QED) is 0.817. The first-order valence-corrected chi connectivity index (χ1v) is 5.26. The number of carbonyl (C=O) groups excluding carboxylic acids is 1. The standard InChI is InChI=1S/C9H10N4OS/c1-6-2-3-7(15-6)9(14)10-4-8-11-5-12-13-8/h2-3,5H,4H2,1H3,(H,10,14)(H,11,12,13).